The summed E-state index contributed by atoms with van der Waals surface area (Å²) in [6, 6.07) is 13.9. The summed E-state index contributed by atoms with van der Waals surface area (Å²) in [5, 5.41) is 0.808. The van der Waals surface area contributed by atoms with Gasteiger partial charge in [0.15, 0.2) is 6.10 Å². The number of carbonyl (C=O) groups is 1. The van der Waals surface area contributed by atoms with Crippen molar-refractivity contribution in [2.24, 2.45) is 0 Å². The van der Waals surface area contributed by atoms with Gasteiger partial charge >= 0.3 is 0 Å². The number of halogens is 2. The summed E-state index contributed by atoms with van der Waals surface area (Å²) in [6.45, 7) is 2.79. The van der Waals surface area contributed by atoms with Crippen LogP contribution in [0.15, 0.2) is 48.5 Å². The Morgan fingerprint density at radius 2 is 1.72 bits per heavy atom. The molecule has 0 radical (unpaired) electrons. The van der Waals surface area contributed by atoms with Crippen molar-refractivity contribution in [2.45, 2.75) is 18.8 Å². The van der Waals surface area contributed by atoms with Gasteiger partial charge in [0.05, 0.1) is 10.8 Å². The molecular weight excluding hydrogens is 435 g/mol. The quantitative estimate of drug-likeness (QED) is 0.667. The minimum absolute atomic E-state index is 0.0453. The first-order valence-corrected chi connectivity index (χ1v) is 11.5. The molecule has 2 aromatic rings. The first kappa shape index (κ1) is 21.9. The zero-order valence-corrected chi connectivity index (χ0v) is 18.3. The van der Waals surface area contributed by atoms with E-state index < -0.39 is 16.1 Å². The lowest BCUT2D eigenvalue weighted by atomic mass is 10.2. The fraction of sp³-hybridized carbons (Fsp3) is 0.350. The van der Waals surface area contributed by atoms with E-state index in [-0.39, 0.29) is 24.7 Å². The average molecular weight is 457 g/mol. The highest BCUT2D eigenvalue weighted by Crippen LogP contribution is 2.28. The van der Waals surface area contributed by atoms with Gasteiger partial charge in [0.1, 0.15) is 5.75 Å². The standard InChI is InChI=1S/C20H22Cl2N2O4S/c1-15(28-19-8-7-17(21)13-18(19)22)20(25)23-9-11-24(12-10-23)29(26,27)14-16-5-3-2-4-6-16/h2-8,13,15H,9-12,14H2,1H3/t15-/m0/s1. The maximum Gasteiger partial charge on any atom is 0.263 e. The first-order valence-electron chi connectivity index (χ1n) is 9.18. The third kappa shape index (κ3) is 5.63. The summed E-state index contributed by atoms with van der Waals surface area (Å²) in [5.41, 5.74) is 0.743. The molecule has 1 saturated heterocycles. The molecule has 1 atom stereocenters. The molecule has 1 amide bonds. The minimum Gasteiger partial charge on any atom is -0.479 e. The molecular formula is C20H22Cl2N2O4S. The first-order chi connectivity index (χ1) is 13.8. The van der Waals surface area contributed by atoms with Crippen molar-refractivity contribution < 1.29 is 17.9 Å². The highest BCUT2D eigenvalue weighted by molar-refractivity contribution is 7.88. The molecule has 1 fully saturated rings. The zero-order chi connectivity index (χ0) is 21.0. The van der Waals surface area contributed by atoms with Crippen LogP contribution in [0, 0.1) is 0 Å². The summed E-state index contributed by atoms with van der Waals surface area (Å²) >= 11 is 12.0. The van der Waals surface area contributed by atoms with Gasteiger partial charge in [-0.25, -0.2) is 8.42 Å². The molecule has 9 heteroatoms. The van der Waals surface area contributed by atoms with Crippen LogP contribution < -0.4 is 4.74 Å². The monoisotopic (exact) mass is 456 g/mol. The molecule has 2 aromatic carbocycles. The smallest absolute Gasteiger partial charge is 0.263 e. The average Bonchev–Trinajstić information content (AvgIpc) is 2.70. The van der Waals surface area contributed by atoms with Crippen LogP contribution in [-0.4, -0.2) is 55.8 Å². The van der Waals surface area contributed by atoms with Crippen molar-refractivity contribution in [2.75, 3.05) is 26.2 Å². The number of sulfonamides is 1. The van der Waals surface area contributed by atoms with E-state index in [1.54, 1.807) is 42.2 Å². The molecule has 1 heterocycles. The van der Waals surface area contributed by atoms with Crippen LogP contribution in [0.3, 0.4) is 0 Å². The number of ether oxygens (including phenoxy) is 1. The number of rotatable bonds is 6. The van der Waals surface area contributed by atoms with Crippen molar-refractivity contribution in [3.8, 4) is 5.75 Å². The van der Waals surface area contributed by atoms with E-state index in [1.807, 2.05) is 18.2 Å². The number of carbonyl (C=O) groups excluding carboxylic acids is 1. The van der Waals surface area contributed by atoms with Gasteiger partial charge < -0.3 is 9.64 Å². The maximum absolute atomic E-state index is 12.7. The molecule has 0 saturated carbocycles. The summed E-state index contributed by atoms with van der Waals surface area (Å²) in [4.78, 5) is 14.3. The van der Waals surface area contributed by atoms with Crippen molar-refractivity contribution in [3.63, 3.8) is 0 Å². The molecule has 0 N–H and O–H groups in total. The zero-order valence-electron chi connectivity index (χ0n) is 15.9. The van der Waals surface area contributed by atoms with E-state index in [9.17, 15) is 13.2 Å². The molecule has 0 aliphatic carbocycles. The highest BCUT2D eigenvalue weighted by atomic mass is 35.5. The SMILES string of the molecule is C[C@H](Oc1ccc(Cl)cc1Cl)C(=O)N1CCN(S(=O)(=O)Cc2ccccc2)CC1. The van der Waals surface area contributed by atoms with Gasteiger partial charge in [0.2, 0.25) is 10.0 Å². The molecule has 0 unspecified atom stereocenters. The van der Waals surface area contributed by atoms with Crippen LogP contribution in [0.2, 0.25) is 10.0 Å². The maximum atomic E-state index is 12.7. The molecule has 156 valence electrons. The fourth-order valence-corrected chi connectivity index (χ4v) is 5.10. The lowest BCUT2D eigenvalue weighted by Gasteiger charge is -2.35. The van der Waals surface area contributed by atoms with Crippen LogP contribution in [-0.2, 0) is 20.6 Å². The van der Waals surface area contributed by atoms with Crippen molar-refractivity contribution in [1.82, 2.24) is 9.21 Å². The summed E-state index contributed by atoms with van der Waals surface area (Å²) in [7, 11) is -3.43. The Morgan fingerprint density at radius 1 is 1.07 bits per heavy atom. The second-order valence-electron chi connectivity index (χ2n) is 6.80. The third-order valence-corrected chi connectivity index (χ3v) is 7.06. The Bertz CT molecular complexity index is 962. The largest absolute Gasteiger partial charge is 0.479 e. The van der Waals surface area contributed by atoms with Gasteiger partial charge in [-0.1, -0.05) is 53.5 Å². The van der Waals surface area contributed by atoms with Crippen LogP contribution in [0.5, 0.6) is 5.75 Å². The Kier molecular flexibility index (Phi) is 7.05. The fourth-order valence-electron chi connectivity index (χ4n) is 3.13. The third-order valence-electron chi connectivity index (χ3n) is 4.68. The van der Waals surface area contributed by atoms with Crippen molar-refractivity contribution in [3.05, 3.63) is 64.1 Å². The van der Waals surface area contributed by atoms with Gasteiger partial charge in [-0.2, -0.15) is 4.31 Å². The second-order valence-corrected chi connectivity index (χ2v) is 9.61. The molecule has 0 spiro atoms. The number of nitrogens with zero attached hydrogens (tertiary/aromatic N) is 2. The number of benzene rings is 2. The minimum atomic E-state index is -3.43. The normalized spacial score (nSPS) is 16.4. The molecule has 0 aromatic heterocycles. The molecule has 6 nitrogen and oxygen atoms in total. The number of hydrogen-bond acceptors (Lipinski definition) is 4. The highest BCUT2D eigenvalue weighted by Gasteiger charge is 2.31. The van der Waals surface area contributed by atoms with Crippen molar-refractivity contribution in [1.29, 1.82) is 0 Å². The summed E-state index contributed by atoms with van der Waals surface area (Å²) < 4.78 is 32.4. The number of amides is 1. The topological polar surface area (TPSA) is 66.9 Å². The van der Waals surface area contributed by atoms with E-state index in [4.69, 9.17) is 27.9 Å². The van der Waals surface area contributed by atoms with Crippen LogP contribution in [0.1, 0.15) is 12.5 Å². The van der Waals surface area contributed by atoms with E-state index in [1.165, 1.54) is 4.31 Å². The van der Waals surface area contributed by atoms with E-state index in [0.29, 0.717) is 28.9 Å². The lowest BCUT2D eigenvalue weighted by molar-refractivity contribution is -0.139. The second kappa shape index (κ2) is 9.34. The van der Waals surface area contributed by atoms with Gasteiger partial charge in [-0.05, 0) is 30.7 Å². The van der Waals surface area contributed by atoms with Crippen LogP contribution in [0.25, 0.3) is 0 Å². The number of hydrogen-bond donors (Lipinski definition) is 0. The molecule has 29 heavy (non-hydrogen) atoms. The van der Waals surface area contributed by atoms with E-state index >= 15 is 0 Å². The van der Waals surface area contributed by atoms with Gasteiger partial charge in [0, 0.05) is 31.2 Å². The summed E-state index contributed by atoms with van der Waals surface area (Å²) in [5.74, 6) is 0.119. The van der Waals surface area contributed by atoms with Crippen LogP contribution >= 0.6 is 23.2 Å². The van der Waals surface area contributed by atoms with Gasteiger partial charge in [0.25, 0.3) is 5.91 Å². The summed E-state index contributed by atoms with van der Waals surface area (Å²) in [6.07, 6.45) is -0.749. The lowest BCUT2D eigenvalue weighted by Crippen LogP contribution is -2.53. The Morgan fingerprint density at radius 3 is 2.34 bits per heavy atom. The van der Waals surface area contributed by atoms with Gasteiger partial charge in [-0.15, -0.1) is 0 Å². The van der Waals surface area contributed by atoms with E-state index in [2.05, 4.69) is 0 Å². The molecule has 3 rings (SSSR count). The molecule has 1 aliphatic rings. The molecule has 0 bridgehead atoms. The van der Waals surface area contributed by atoms with Crippen LogP contribution in [0.4, 0.5) is 0 Å². The van der Waals surface area contributed by atoms with Crippen molar-refractivity contribution >= 4 is 39.1 Å². The Hall–Kier alpha value is -1.80. The van der Waals surface area contributed by atoms with Gasteiger partial charge in [-0.3, -0.25) is 4.79 Å². The number of piperazine rings is 1. The predicted octanol–water partition coefficient (Wildman–Crippen LogP) is 3.43. The predicted molar refractivity (Wildman–Crippen MR) is 114 cm³/mol. The Balaban J connectivity index is 1.56. The molecule has 1 aliphatic heterocycles. The van der Waals surface area contributed by atoms with E-state index in [0.717, 1.165) is 5.56 Å². The Labute approximate surface area is 181 Å².